The van der Waals surface area contributed by atoms with E-state index in [-0.39, 0.29) is 11.9 Å². The van der Waals surface area contributed by atoms with Gasteiger partial charge < -0.3 is 40.1 Å². The zero-order valence-corrected chi connectivity index (χ0v) is 21.1. The average Bonchev–Trinajstić information content (AvgIpc) is 3.04. The van der Waals surface area contributed by atoms with Crippen molar-refractivity contribution in [2.75, 3.05) is 19.8 Å². The highest BCUT2D eigenvalue weighted by Gasteiger charge is 2.48. The van der Waals surface area contributed by atoms with E-state index in [2.05, 4.69) is 12.2 Å². The summed E-state index contributed by atoms with van der Waals surface area (Å²) in [4.78, 5) is 36.5. The van der Waals surface area contributed by atoms with Crippen LogP contribution in [0.25, 0.3) is 0 Å². The number of hydrogen-bond acceptors (Lipinski definition) is 8. The molecule has 1 amide bonds. The van der Waals surface area contributed by atoms with E-state index in [0.717, 1.165) is 25.8 Å². The monoisotopic (exact) mass is 522 g/mol. The van der Waals surface area contributed by atoms with E-state index < -0.39 is 49.1 Å². The molecule has 2 fully saturated rings. The smallest absolute Gasteiger partial charge is 0.388 e. The van der Waals surface area contributed by atoms with Crippen LogP contribution < -0.4 is 5.32 Å². The number of likely N-dealkylation sites (tertiary alicyclic amines) is 1. The maximum Gasteiger partial charge on any atom is 0.466 e. The molecule has 7 N–H and O–H groups in total. The second-order valence-corrected chi connectivity index (χ2v) is 10.9. The van der Waals surface area contributed by atoms with E-state index in [9.17, 15) is 20.1 Å². The number of halogens is 1. The van der Waals surface area contributed by atoms with Crippen LogP contribution in [0.5, 0.6) is 0 Å². The molecule has 2 aliphatic rings. The molecule has 2 saturated heterocycles. The molecule has 32 heavy (non-hydrogen) atoms. The van der Waals surface area contributed by atoms with E-state index in [1.54, 1.807) is 13.2 Å². The van der Waals surface area contributed by atoms with Crippen molar-refractivity contribution in [2.45, 2.75) is 80.4 Å². The third-order valence-electron chi connectivity index (χ3n) is 5.63. The van der Waals surface area contributed by atoms with Crippen molar-refractivity contribution in [3.8, 4) is 0 Å². The molecule has 0 aromatic rings. The molecule has 9 atom stereocenters. The molecule has 0 bridgehead atoms. The molecule has 2 heterocycles. The Morgan fingerprint density at radius 3 is 2.28 bits per heavy atom. The molecular weight excluding hydrogens is 487 g/mol. The maximum atomic E-state index is 12.9. The number of nitrogens with zero attached hydrogens (tertiary/aromatic N) is 1. The van der Waals surface area contributed by atoms with E-state index in [0.29, 0.717) is 5.92 Å². The Labute approximate surface area is 197 Å². The van der Waals surface area contributed by atoms with Gasteiger partial charge in [-0.3, -0.25) is 9.69 Å². The molecule has 11 nitrogen and oxygen atoms in total. The molecular formula is C18H36ClN2O9PS. The lowest BCUT2D eigenvalue weighted by molar-refractivity contribution is -0.205. The summed E-state index contributed by atoms with van der Waals surface area (Å²) in [5.74, 6) is 0.350. The molecule has 2 rings (SSSR count). The number of aliphatic hydroxyl groups excluding tert-OH is 3. The van der Waals surface area contributed by atoms with Gasteiger partial charge in [-0.2, -0.15) is 0 Å². The summed E-state index contributed by atoms with van der Waals surface area (Å²) in [6, 6.07) is -0.934. The number of phosphoric acid groups is 1. The van der Waals surface area contributed by atoms with Gasteiger partial charge in [0.05, 0.1) is 17.5 Å². The number of aliphatic hydroxyl groups is 3. The third kappa shape index (κ3) is 8.99. The standard InChI is InChI=1S/C18H33ClN2O5S.H3O4P/c1-5-6-10-7-11(21(3)8-10)17(25)20-12(9(2)19)16-14(23)13(22)15(24)18(26-16)27-4;1-5(2,3)4/h9-16,18,22-24H,5-8H2,1-4H3,(H,20,25);(H3,1,2,3,4)/t9?,10-,11+,12?,13+,14-,15-,16?,18-;/m1./s1. The number of carbonyl (C=O) groups excluding carboxylic acids is 1. The van der Waals surface area contributed by atoms with Gasteiger partial charge >= 0.3 is 7.82 Å². The zero-order valence-electron chi connectivity index (χ0n) is 18.6. The summed E-state index contributed by atoms with van der Waals surface area (Å²) in [6.45, 7) is 4.74. The lowest BCUT2D eigenvalue weighted by Gasteiger charge is -2.44. The molecule has 3 unspecified atom stereocenters. The summed E-state index contributed by atoms with van der Waals surface area (Å²) < 4.78 is 14.7. The summed E-state index contributed by atoms with van der Waals surface area (Å²) in [5, 5.41) is 33.0. The van der Waals surface area contributed by atoms with Crippen LogP contribution in [0.2, 0.25) is 0 Å². The SMILES string of the molecule is CCC[C@@H]1C[C@@H](C(=O)NC(C(C)Cl)C2O[C@H](SC)[C@H](O)[C@@H](O)[C@H]2O)N(C)C1.O=P(O)(O)O. The number of ether oxygens (including phenoxy) is 1. The molecule has 0 aromatic carbocycles. The summed E-state index contributed by atoms with van der Waals surface area (Å²) in [7, 11) is -2.70. The molecule has 0 saturated carbocycles. The molecule has 0 aliphatic carbocycles. The minimum Gasteiger partial charge on any atom is -0.388 e. The van der Waals surface area contributed by atoms with Crippen molar-refractivity contribution in [2.24, 2.45) is 5.92 Å². The quantitative estimate of drug-likeness (QED) is 0.168. The topological polar surface area (TPSA) is 180 Å². The highest BCUT2D eigenvalue weighted by Crippen LogP contribution is 2.31. The van der Waals surface area contributed by atoms with E-state index >= 15 is 0 Å². The predicted octanol–water partition coefficient (Wildman–Crippen LogP) is -0.539. The van der Waals surface area contributed by atoms with Crippen LogP contribution in [0.4, 0.5) is 0 Å². The largest absolute Gasteiger partial charge is 0.466 e. The highest BCUT2D eigenvalue weighted by molar-refractivity contribution is 7.99. The predicted molar refractivity (Wildman–Crippen MR) is 121 cm³/mol. The first-order valence-corrected chi connectivity index (χ1v) is 13.7. The van der Waals surface area contributed by atoms with Crippen molar-refractivity contribution >= 4 is 37.1 Å². The number of alkyl halides is 1. The van der Waals surface area contributed by atoms with Crippen LogP contribution in [-0.4, -0.2) is 108 Å². The normalized spacial score (nSPS) is 35.5. The summed E-state index contributed by atoms with van der Waals surface area (Å²) in [5.41, 5.74) is -0.702. The lowest BCUT2D eigenvalue weighted by Crippen LogP contribution is -2.65. The number of likely N-dealkylation sites (N-methyl/N-ethyl adjacent to an activating group) is 1. The fraction of sp³-hybridized carbons (Fsp3) is 0.944. The minimum atomic E-state index is -4.64. The summed E-state index contributed by atoms with van der Waals surface area (Å²) in [6.07, 6.45) is -0.0980. The number of amides is 1. The number of rotatable bonds is 7. The first-order valence-electron chi connectivity index (χ1n) is 10.4. The van der Waals surface area contributed by atoms with E-state index in [1.807, 2.05) is 11.9 Å². The fourth-order valence-corrected chi connectivity index (χ4v) is 5.00. The number of hydrogen-bond donors (Lipinski definition) is 7. The lowest BCUT2D eigenvalue weighted by atomic mass is 9.92. The van der Waals surface area contributed by atoms with Crippen molar-refractivity contribution in [1.82, 2.24) is 10.2 Å². The van der Waals surface area contributed by atoms with Crippen LogP contribution in [0.1, 0.15) is 33.1 Å². The zero-order chi connectivity index (χ0) is 24.8. The van der Waals surface area contributed by atoms with Crippen molar-refractivity contribution < 1.29 is 44.1 Å². The summed E-state index contributed by atoms with van der Waals surface area (Å²) >= 11 is 7.55. The Hall–Kier alpha value is 0.0200. The fourth-order valence-electron chi connectivity index (χ4n) is 4.11. The first-order chi connectivity index (χ1) is 14.7. The maximum absolute atomic E-state index is 12.9. The number of thioether (sulfide) groups is 1. The third-order valence-corrected chi connectivity index (χ3v) is 6.76. The van der Waals surface area contributed by atoms with Crippen LogP contribution in [-0.2, 0) is 14.1 Å². The second-order valence-electron chi connectivity index (χ2n) is 8.25. The Bertz CT molecular complexity index is 633. The molecule has 0 radical (unpaired) electrons. The number of carbonyl (C=O) groups is 1. The Morgan fingerprint density at radius 1 is 1.25 bits per heavy atom. The highest BCUT2D eigenvalue weighted by atomic mass is 35.5. The van der Waals surface area contributed by atoms with Crippen molar-refractivity contribution in [1.29, 1.82) is 0 Å². The van der Waals surface area contributed by atoms with Gasteiger partial charge in [-0.15, -0.1) is 23.4 Å². The molecule has 0 spiro atoms. The van der Waals surface area contributed by atoms with Gasteiger partial charge in [0.2, 0.25) is 5.91 Å². The van der Waals surface area contributed by atoms with Crippen molar-refractivity contribution in [3.05, 3.63) is 0 Å². The Morgan fingerprint density at radius 2 is 1.81 bits per heavy atom. The van der Waals surface area contributed by atoms with Gasteiger partial charge in [0.15, 0.2) is 0 Å². The van der Waals surface area contributed by atoms with Crippen LogP contribution >= 0.6 is 31.2 Å². The Balaban J connectivity index is 0.000000920. The minimum absolute atomic E-state index is 0.147. The average molecular weight is 523 g/mol. The van der Waals surface area contributed by atoms with Crippen molar-refractivity contribution in [3.63, 3.8) is 0 Å². The molecule has 190 valence electrons. The van der Waals surface area contributed by atoms with E-state index in [1.165, 1.54) is 11.8 Å². The second kappa shape index (κ2) is 13.2. The van der Waals surface area contributed by atoms with Crippen LogP contribution in [0.3, 0.4) is 0 Å². The molecule has 0 aromatic heterocycles. The first kappa shape index (κ1) is 30.1. The molecule has 14 heteroatoms. The molecule has 2 aliphatic heterocycles. The van der Waals surface area contributed by atoms with Gasteiger partial charge in [0.25, 0.3) is 0 Å². The Kier molecular flexibility index (Phi) is 12.4. The van der Waals surface area contributed by atoms with Gasteiger partial charge in [-0.1, -0.05) is 13.3 Å². The van der Waals surface area contributed by atoms with Crippen LogP contribution in [0.15, 0.2) is 0 Å². The van der Waals surface area contributed by atoms with Gasteiger partial charge in [-0.05, 0) is 39.0 Å². The van der Waals surface area contributed by atoms with Crippen LogP contribution in [0, 0.1) is 5.92 Å². The van der Waals surface area contributed by atoms with Gasteiger partial charge in [-0.25, -0.2) is 4.57 Å². The van der Waals surface area contributed by atoms with E-state index in [4.69, 9.17) is 35.6 Å². The van der Waals surface area contributed by atoms with Gasteiger partial charge in [0, 0.05) is 6.54 Å². The number of nitrogens with one attached hydrogen (secondary N) is 1. The van der Waals surface area contributed by atoms with Gasteiger partial charge in [0.1, 0.15) is 29.9 Å².